The lowest BCUT2D eigenvalue weighted by Crippen LogP contribution is -2.47. The van der Waals surface area contributed by atoms with Gasteiger partial charge >= 0.3 is 0 Å². The smallest absolute Gasteiger partial charge is 0.260 e. The van der Waals surface area contributed by atoms with Crippen LogP contribution in [0.3, 0.4) is 0 Å². The van der Waals surface area contributed by atoms with Crippen molar-refractivity contribution in [1.29, 1.82) is 0 Å². The molecule has 2 aromatic carbocycles. The summed E-state index contributed by atoms with van der Waals surface area (Å²) in [6.45, 7) is 8.44. The zero-order valence-corrected chi connectivity index (χ0v) is 28.0. The van der Waals surface area contributed by atoms with E-state index in [1.807, 2.05) is 24.3 Å². The van der Waals surface area contributed by atoms with Gasteiger partial charge in [0.25, 0.3) is 5.91 Å². The van der Waals surface area contributed by atoms with Gasteiger partial charge in [-0.3, -0.25) is 4.79 Å². The van der Waals surface area contributed by atoms with Crippen molar-refractivity contribution in [2.75, 3.05) is 43.6 Å². The van der Waals surface area contributed by atoms with Crippen LogP contribution >= 0.6 is 22.3 Å². The number of halogens is 1. The highest BCUT2D eigenvalue weighted by atomic mass is 35.5. The third kappa shape index (κ3) is 7.32. The third-order valence-electron chi connectivity index (χ3n) is 10.1. The van der Waals surface area contributed by atoms with Gasteiger partial charge in [0.15, 0.2) is 6.29 Å². The van der Waals surface area contributed by atoms with Crippen molar-refractivity contribution in [3.8, 4) is 5.75 Å². The second kappa shape index (κ2) is 14.6. The number of carbonyl (C=O) groups excluding carboxylic acids is 1. The van der Waals surface area contributed by atoms with Crippen LogP contribution in [0, 0.1) is 23.7 Å². The quantitative estimate of drug-likeness (QED) is 0.345. The average Bonchev–Trinajstić information content (AvgIpc) is 3.18. The van der Waals surface area contributed by atoms with Crippen molar-refractivity contribution in [2.24, 2.45) is 23.7 Å². The van der Waals surface area contributed by atoms with Gasteiger partial charge in [-0.15, -0.1) is 10.7 Å². The molecule has 1 amide bonds. The maximum atomic E-state index is 13.4. The zero-order valence-electron chi connectivity index (χ0n) is 26.4. The summed E-state index contributed by atoms with van der Waals surface area (Å²) < 4.78 is 22.3. The summed E-state index contributed by atoms with van der Waals surface area (Å²) in [4.78, 5) is 16.0. The Balaban J connectivity index is 1.35. The Morgan fingerprint density at radius 2 is 1.86 bits per heavy atom. The first-order chi connectivity index (χ1) is 21.4. The Hall–Kier alpha value is -2.06. The third-order valence-corrected chi connectivity index (χ3v) is 11.8. The van der Waals surface area contributed by atoms with Gasteiger partial charge in [0, 0.05) is 41.3 Å². The van der Waals surface area contributed by atoms with E-state index in [4.69, 9.17) is 25.8 Å². The topological polar surface area (TPSA) is 60.0 Å². The molecule has 6 unspecified atom stereocenters. The summed E-state index contributed by atoms with van der Waals surface area (Å²) in [5.74, 6) is 8.20. The largest absolute Gasteiger partial charge is 0.491 e. The van der Waals surface area contributed by atoms with Crippen LogP contribution < -0.4 is 14.4 Å². The van der Waals surface area contributed by atoms with E-state index in [-0.39, 0.29) is 18.1 Å². The minimum Gasteiger partial charge on any atom is -0.491 e. The summed E-state index contributed by atoms with van der Waals surface area (Å²) in [5.41, 5.74) is 4.31. The number of nitrogens with zero attached hydrogens (tertiary/aromatic N) is 1. The van der Waals surface area contributed by atoms with Gasteiger partial charge in [0.05, 0.1) is 25.5 Å². The van der Waals surface area contributed by atoms with Crippen molar-refractivity contribution in [3.63, 3.8) is 0 Å². The number of nitrogens with one attached hydrogen (secondary N) is 1. The number of hydrogen-bond acceptors (Lipinski definition) is 5. The monoisotopic (exact) mass is 640 g/mol. The summed E-state index contributed by atoms with van der Waals surface area (Å²) >= 11 is 6.46. The molecule has 3 heterocycles. The molecule has 6 rings (SSSR count). The van der Waals surface area contributed by atoms with Gasteiger partial charge in [0.2, 0.25) is 0 Å². The van der Waals surface area contributed by atoms with Crippen molar-refractivity contribution >= 4 is 39.7 Å². The van der Waals surface area contributed by atoms with Gasteiger partial charge in [-0.2, -0.15) is 0 Å². The molecule has 2 fully saturated rings. The van der Waals surface area contributed by atoms with E-state index in [0.29, 0.717) is 35.8 Å². The number of carbonyl (C=O) groups is 1. The number of ether oxygens (including phenoxy) is 3. The number of fused-ring (bicyclic) bond motifs is 2. The van der Waals surface area contributed by atoms with E-state index in [0.717, 1.165) is 87.0 Å². The highest BCUT2D eigenvalue weighted by Gasteiger charge is 2.43. The Morgan fingerprint density at radius 1 is 1.02 bits per heavy atom. The second-order valence-corrected chi connectivity index (χ2v) is 15.4. The van der Waals surface area contributed by atoms with Crippen molar-refractivity contribution in [2.45, 2.75) is 77.4 Å². The molecule has 1 aliphatic carbocycles. The van der Waals surface area contributed by atoms with Crippen LogP contribution in [0.15, 0.2) is 36.4 Å². The SMILES string of the molecule is C=S1CC(C)CCCC(C2OCCCO2)C2CCC2CN2CC(c3ccc(Cl)cc3CCC)COc3ccc(cc32)C(=O)N1. The lowest BCUT2D eigenvalue weighted by Gasteiger charge is -2.47. The molecule has 4 aliphatic rings. The maximum Gasteiger partial charge on any atom is 0.260 e. The van der Waals surface area contributed by atoms with Crippen LogP contribution in [-0.2, 0) is 15.9 Å². The fourth-order valence-electron chi connectivity index (χ4n) is 7.79. The van der Waals surface area contributed by atoms with Gasteiger partial charge in [-0.1, -0.05) is 50.2 Å². The molecule has 0 radical (unpaired) electrons. The van der Waals surface area contributed by atoms with Crippen LogP contribution in [0.2, 0.25) is 5.02 Å². The summed E-state index contributed by atoms with van der Waals surface area (Å²) in [7, 11) is -0.444. The number of anilines is 1. The highest BCUT2D eigenvalue weighted by Crippen LogP contribution is 2.47. The predicted molar refractivity (Wildman–Crippen MR) is 182 cm³/mol. The maximum absolute atomic E-state index is 13.4. The number of benzene rings is 2. The minimum atomic E-state index is -0.444. The molecule has 3 aliphatic heterocycles. The molecule has 1 saturated heterocycles. The van der Waals surface area contributed by atoms with Gasteiger partial charge in [-0.25, -0.2) is 0 Å². The Kier molecular flexibility index (Phi) is 10.6. The predicted octanol–water partition coefficient (Wildman–Crippen LogP) is 7.85. The molecular weight excluding hydrogens is 592 g/mol. The molecule has 0 aromatic heterocycles. The fraction of sp³-hybridized carbons (Fsp3) is 0.611. The van der Waals surface area contributed by atoms with Crippen LogP contribution in [-0.4, -0.2) is 56.7 Å². The first-order valence-electron chi connectivity index (χ1n) is 16.7. The summed E-state index contributed by atoms with van der Waals surface area (Å²) in [6.07, 6.45) is 8.73. The van der Waals surface area contributed by atoms with E-state index < -0.39 is 10.7 Å². The molecule has 1 N–H and O–H groups in total. The number of aryl methyl sites for hydroxylation is 1. The fourth-order valence-corrected chi connectivity index (χ4v) is 9.30. The van der Waals surface area contributed by atoms with Gasteiger partial charge in [-0.05, 0) is 97.7 Å². The van der Waals surface area contributed by atoms with Gasteiger partial charge in [0.1, 0.15) is 5.75 Å². The summed E-state index contributed by atoms with van der Waals surface area (Å²) in [6, 6.07) is 12.3. The first-order valence-corrected chi connectivity index (χ1v) is 18.7. The number of hydrogen-bond donors (Lipinski definition) is 1. The molecule has 0 spiro atoms. The van der Waals surface area contributed by atoms with Crippen LogP contribution in [0.25, 0.3) is 0 Å². The number of rotatable bonds is 4. The molecule has 8 heteroatoms. The Morgan fingerprint density at radius 3 is 2.64 bits per heavy atom. The standard InChI is InChI=1S/C36H49ClN2O4S/c1-4-7-25-18-29(37)12-14-30(25)28-21-39-20-27-10-13-31(27)32(36-41-16-6-17-42-36)9-5-8-24(2)23-44(3)38-35(40)26-11-15-34(43-22-28)33(39)19-26/h11-12,14-15,18-19,24,27-28,31-32,36H,3-10,13,16-17,20-23H2,1-2H3,(H,38,40). The average molecular weight is 641 g/mol. The molecule has 6 atom stereocenters. The van der Waals surface area contributed by atoms with Crippen molar-refractivity contribution in [3.05, 3.63) is 58.1 Å². The van der Waals surface area contributed by atoms with Crippen molar-refractivity contribution in [1.82, 2.24) is 4.72 Å². The lowest BCUT2D eigenvalue weighted by atomic mass is 9.65. The van der Waals surface area contributed by atoms with E-state index >= 15 is 0 Å². The molecule has 240 valence electrons. The zero-order chi connectivity index (χ0) is 30.6. The second-order valence-electron chi connectivity index (χ2n) is 13.4. The molecule has 6 nitrogen and oxygen atoms in total. The molecular formula is C36H49ClN2O4S. The normalized spacial score (nSPS) is 30.3. The van der Waals surface area contributed by atoms with E-state index in [1.165, 1.54) is 24.0 Å². The number of amides is 1. The molecule has 44 heavy (non-hydrogen) atoms. The minimum absolute atomic E-state index is 0.0534. The molecule has 2 bridgehead atoms. The van der Waals surface area contributed by atoms with Crippen LogP contribution in [0.1, 0.15) is 86.2 Å². The van der Waals surface area contributed by atoms with Crippen molar-refractivity contribution < 1.29 is 19.0 Å². The van der Waals surface area contributed by atoms with E-state index in [9.17, 15) is 4.79 Å². The summed E-state index contributed by atoms with van der Waals surface area (Å²) in [5, 5.41) is 0.782. The van der Waals surface area contributed by atoms with E-state index in [1.54, 1.807) is 0 Å². The lowest BCUT2D eigenvalue weighted by molar-refractivity contribution is -0.224. The Bertz CT molecular complexity index is 1330. The van der Waals surface area contributed by atoms with Crippen LogP contribution in [0.4, 0.5) is 5.69 Å². The van der Waals surface area contributed by atoms with Crippen LogP contribution in [0.5, 0.6) is 5.75 Å². The Labute approximate surface area is 271 Å². The highest BCUT2D eigenvalue weighted by molar-refractivity contribution is 8.12. The van der Waals surface area contributed by atoms with E-state index in [2.05, 4.69) is 41.5 Å². The molecule has 1 saturated carbocycles. The van der Waals surface area contributed by atoms with Gasteiger partial charge < -0.3 is 23.8 Å². The first kappa shape index (κ1) is 31.9. The molecule has 2 aromatic rings.